The molecule has 1 aliphatic heterocycles. The van der Waals surface area contributed by atoms with Gasteiger partial charge in [-0.1, -0.05) is 73.0 Å². The predicted molar refractivity (Wildman–Crippen MR) is 103 cm³/mol. The summed E-state index contributed by atoms with van der Waals surface area (Å²) in [4.78, 5) is 14.9. The van der Waals surface area contributed by atoms with Gasteiger partial charge in [0.15, 0.2) is 0 Å². The smallest absolute Gasteiger partial charge is 0.317 e. The zero-order valence-corrected chi connectivity index (χ0v) is 15.1. The van der Waals surface area contributed by atoms with E-state index in [0.29, 0.717) is 6.54 Å². The van der Waals surface area contributed by atoms with Crippen LogP contribution in [0.15, 0.2) is 54.6 Å². The van der Waals surface area contributed by atoms with Crippen molar-refractivity contribution in [1.29, 1.82) is 0 Å². The molecule has 1 heterocycles. The van der Waals surface area contributed by atoms with Crippen molar-refractivity contribution in [1.82, 2.24) is 10.2 Å². The highest BCUT2D eigenvalue weighted by molar-refractivity contribution is 5.74. The molecule has 1 saturated heterocycles. The van der Waals surface area contributed by atoms with Crippen LogP contribution in [0.3, 0.4) is 0 Å². The van der Waals surface area contributed by atoms with Crippen LogP contribution >= 0.6 is 0 Å². The van der Waals surface area contributed by atoms with E-state index in [1.807, 2.05) is 23.1 Å². The molecule has 1 atom stereocenters. The summed E-state index contributed by atoms with van der Waals surface area (Å²) in [5, 5.41) is 3.13. The summed E-state index contributed by atoms with van der Waals surface area (Å²) in [6.07, 6.45) is 5.40. The molecule has 0 aliphatic carbocycles. The van der Waals surface area contributed by atoms with Crippen molar-refractivity contribution >= 4 is 6.03 Å². The summed E-state index contributed by atoms with van der Waals surface area (Å²) in [5.74, 6) is 0. The van der Waals surface area contributed by atoms with Crippen molar-refractivity contribution in [3.8, 4) is 0 Å². The second-order valence-electron chi connectivity index (χ2n) is 6.94. The number of nitrogens with zero attached hydrogens (tertiary/aromatic N) is 1. The molecule has 3 nitrogen and oxygen atoms in total. The van der Waals surface area contributed by atoms with Gasteiger partial charge in [0.25, 0.3) is 0 Å². The van der Waals surface area contributed by atoms with Crippen LogP contribution in [0.4, 0.5) is 4.79 Å². The van der Waals surface area contributed by atoms with E-state index in [2.05, 4.69) is 48.6 Å². The van der Waals surface area contributed by atoms with E-state index in [4.69, 9.17) is 0 Å². The molecule has 132 valence electrons. The Morgan fingerprint density at radius 1 is 1.04 bits per heavy atom. The van der Waals surface area contributed by atoms with Crippen LogP contribution in [0, 0.1) is 6.92 Å². The van der Waals surface area contributed by atoms with Crippen molar-refractivity contribution in [3.05, 3.63) is 71.3 Å². The maximum atomic E-state index is 12.8. The topological polar surface area (TPSA) is 32.3 Å². The first-order valence-electron chi connectivity index (χ1n) is 9.39. The Kier molecular flexibility index (Phi) is 6.10. The SMILES string of the molecule is Cc1ccc(C2CCCCCN2C(=O)NCCc2ccccc2)cc1. The van der Waals surface area contributed by atoms with Gasteiger partial charge in [-0.15, -0.1) is 0 Å². The Hall–Kier alpha value is -2.29. The molecule has 2 aromatic carbocycles. The summed E-state index contributed by atoms with van der Waals surface area (Å²) in [7, 11) is 0. The number of hydrogen-bond acceptors (Lipinski definition) is 1. The Morgan fingerprint density at radius 2 is 1.80 bits per heavy atom. The lowest BCUT2D eigenvalue weighted by molar-refractivity contribution is 0.176. The summed E-state index contributed by atoms with van der Waals surface area (Å²) in [6, 6.07) is 19.2. The molecule has 25 heavy (non-hydrogen) atoms. The normalized spacial score (nSPS) is 17.8. The number of nitrogens with one attached hydrogen (secondary N) is 1. The number of benzene rings is 2. The molecule has 1 unspecified atom stereocenters. The van der Waals surface area contributed by atoms with Crippen LogP contribution in [0.25, 0.3) is 0 Å². The zero-order valence-electron chi connectivity index (χ0n) is 15.1. The molecule has 3 rings (SSSR count). The molecular weight excluding hydrogens is 308 g/mol. The molecule has 0 saturated carbocycles. The van der Waals surface area contributed by atoms with Crippen LogP contribution in [0.1, 0.15) is 48.4 Å². The van der Waals surface area contributed by atoms with Crippen LogP contribution in [-0.4, -0.2) is 24.0 Å². The molecule has 1 aliphatic rings. The number of likely N-dealkylation sites (tertiary alicyclic amines) is 1. The molecule has 0 spiro atoms. The van der Waals surface area contributed by atoms with E-state index in [9.17, 15) is 4.79 Å². The fourth-order valence-electron chi connectivity index (χ4n) is 3.55. The Morgan fingerprint density at radius 3 is 2.56 bits per heavy atom. The van der Waals surface area contributed by atoms with Crippen LogP contribution in [-0.2, 0) is 6.42 Å². The van der Waals surface area contributed by atoms with E-state index in [1.54, 1.807) is 0 Å². The maximum absolute atomic E-state index is 12.8. The zero-order chi connectivity index (χ0) is 17.5. The van der Waals surface area contributed by atoms with Crippen molar-refractivity contribution in [3.63, 3.8) is 0 Å². The second-order valence-corrected chi connectivity index (χ2v) is 6.94. The minimum Gasteiger partial charge on any atom is -0.338 e. The van der Waals surface area contributed by atoms with Crippen LogP contribution in [0.5, 0.6) is 0 Å². The molecule has 0 aromatic heterocycles. The molecule has 3 heteroatoms. The number of rotatable bonds is 4. The van der Waals surface area contributed by atoms with Crippen molar-refractivity contribution in [2.24, 2.45) is 0 Å². The largest absolute Gasteiger partial charge is 0.338 e. The molecule has 2 amide bonds. The minimum absolute atomic E-state index is 0.0726. The number of amides is 2. The molecule has 2 aromatic rings. The molecular formula is C22H28N2O. The highest BCUT2D eigenvalue weighted by Gasteiger charge is 2.26. The van der Waals surface area contributed by atoms with Gasteiger partial charge in [-0.05, 0) is 37.3 Å². The van der Waals surface area contributed by atoms with Gasteiger partial charge in [-0.25, -0.2) is 4.79 Å². The number of carbonyl (C=O) groups excluding carboxylic acids is 1. The first-order valence-corrected chi connectivity index (χ1v) is 9.39. The van der Waals surface area contributed by atoms with Gasteiger partial charge in [-0.2, -0.15) is 0 Å². The van der Waals surface area contributed by atoms with Gasteiger partial charge >= 0.3 is 6.03 Å². The standard InChI is InChI=1S/C22H28N2O/c1-18-11-13-20(14-12-18)21-10-6-3-7-17-24(21)22(25)23-16-15-19-8-4-2-5-9-19/h2,4-5,8-9,11-14,21H,3,6-7,10,15-17H2,1H3,(H,23,25). The third kappa shape index (κ3) is 4.85. The lowest BCUT2D eigenvalue weighted by atomic mass is 10.00. The Balaban J connectivity index is 1.63. The van der Waals surface area contributed by atoms with Gasteiger partial charge < -0.3 is 10.2 Å². The monoisotopic (exact) mass is 336 g/mol. The van der Waals surface area contributed by atoms with Crippen LogP contribution < -0.4 is 5.32 Å². The molecule has 0 bridgehead atoms. The lowest BCUT2D eigenvalue weighted by Gasteiger charge is -2.30. The van der Waals surface area contributed by atoms with Gasteiger partial charge in [0.05, 0.1) is 6.04 Å². The summed E-state index contributed by atoms with van der Waals surface area (Å²) in [5.41, 5.74) is 3.77. The third-order valence-corrected chi connectivity index (χ3v) is 5.01. The van der Waals surface area contributed by atoms with Crippen LogP contribution in [0.2, 0.25) is 0 Å². The number of aryl methyl sites for hydroxylation is 1. The average molecular weight is 336 g/mol. The Labute approximate surface area is 151 Å². The summed E-state index contributed by atoms with van der Waals surface area (Å²) in [6.45, 7) is 3.63. The van der Waals surface area contributed by atoms with Gasteiger partial charge in [-0.3, -0.25) is 0 Å². The van der Waals surface area contributed by atoms with E-state index < -0.39 is 0 Å². The first kappa shape index (κ1) is 17.5. The van der Waals surface area contributed by atoms with E-state index in [1.165, 1.54) is 29.5 Å². The maximum Gasteiger partial charge on any atom is 0.317 e. The quantitative estimate of drug-likeness (QED) is 0.849. The lowest BCUT2D eigenvalue weighted by Crippen LogP contribution is -2.42. The van der Waals surface area contributed by atoms with Crippen molar-refractivity contribution in [2.45, 2.75) is 45.1 Å². The second kappa shape index (κ2) is 8.70. The Bertz CT molecular complexity index is 666. The highest BCUT2D eigenvalue weighted by Crippen LogP contribution is 2.30. The number of hydrogen-bond donors (Lipinski definition) is 1. The predicted octanol–water partition coefficient (Wildman–Crippen LogP) is 4.86. The average Bonchev–Trinajstić information content (AvgIpc) is 2.89. The first-order chi connectivity index (χ1) is 12.2. The third-order valence-electron chi connectivity index (χ3n) is 5.01. The van der Waals surface area contributed by atoms with Gasteiger partial charge in [0, 0.05) is 13.1 Å². The molecule has 1 fully saturated rings. The van der Waals surface area contributed by atoms with Gasteiger partial charge in [0.2, 0.25) is 0 Å². The number of urea groups is 1. The van der Waals surface area contributed by atoms with Gasteiger partial charge in [0.1, 0.15) is 0 Å². The van der Waals surface area contributed by atoms with Crippen molar-refractivity contribution in [2.75, 3.05) is 13.1 Å². The summed E-state index contributed by atoms with van der Waals surface area (Å²) < 4.78 is 0. The van der Waals surface area contributed by atoms with E-state index in [-0.39, 0.29) is 12.1 Å². The van der Waals surface area contributed by atoms with Crippen molar-refractivity contribution < 1.29 is 4.79 Å². The fraction of sp³-hybridized carbons (Fsp3) is 0.409. The molecule has 0 radical (unpaired) electrons. The fourth-order valence-corrected chi connectivity index (χ4v) is 3.55. The van der Waals surface area contributed by atoms with E-state index >= 15 is 0 Å². The number of carbonyl (C=O) groups is 1. The minimum atomic E-state index is 0.0726. The summed E-state index contributed by atoms with van der Waals surface area (Å²) >= 11 is 0. The molecule has 1 N–H and O–H groups in total. The highest BCUT2D eigenvalue weighted by atomic mass is 16.2. The van der Waals surface area contributed by atoms with E-state index in [0.717, 1.165) is 25.8 Å².